The molecule has 0 aliphatic rings. The first-order chi connectivity index (χ1) is 41.1. The van der Waals surface area contributed by atoms with Crippen LogP contribution in [-0.2, 0) is 0 Å². The molecule has 6 aromatic carbocycles. The minimum atomic E-state index is -0.366. The highest BCUT2D eigenvalue weighted by Crippen LogP contribution is 2.06. The van der Waals surface area contributed by atoms with Crippen molar-refractivity contribution < 1.29 is 37.2 Å². The summed E-state index contributed by atoms with van der Waals surface area (Å²) < 4.78 is 0. The van der Waals surface area contributed by atoms with Gasteiger partial charge in [-0.1, -0.05) is 322 Å². The Hall–Kier alpha value is -6.08. The molecule has 0 bridgehead atoms. The SMILES string of the molecule is C.CC.CC.CC.CC.CC.CC.CCC.CCC.CCC.CCC.CNC(C)C.CNC(C)C.CNC(C)C.CNC(C)O.Oc1ccccc1.Oc1ccccc1.Oc1ccccc1.Oc1ccccc1.Oc1ccccc1.Oc1ccccc1.[H+]. The van der Waals surface area contributed by atoms with E-state index in [2.05, 4.69) is 118 Å². The second-order valence-electron chi connectivity index (χ2n) is 16.1. The summed E-state index contributed by atoms with van der Waals surface area (Å²) in [7, 11) is 7.55. The van der Waals surface area contributed by atoms with Crippen molar-refractivity contribution in [2.24, 2.45) is 0 Å². The number of nitrogens with one attached hydrogen (secondary N) is 4. The van der Waals surface area contributed by atoms with Gasteiger partial charge >= 0.3 is 1.43 Å². The third-order valence-electron chi connectivity index (χ3n) is 6.69. The van der Waals surface area contributed by atoms with Crippen molar-refractivity contribution in [2.45, 2.75) is 244 Å². The van der Waals surface area contributed by atoms with Crippen LogP contribution in [0.4, 0.5) is 0 Å². The number of benzene rings is 6. The van der Waals surface area contributed by atoms with Crippen molar-refractivity contribution in [3.63, 3.8) is 0 Å². The molecule has 1 atom stereocenters. The maximum absolute atomic E-state index is 8.63. The summed E-state index contributed by atoms with van der Waals surface area (Å²) in [6.07, 6.45) is 4.63. The van der Waals surface area contributed by atoms with Crippen LogP contribution in [0.5, 0.6) is 34.5 Å². The van der Waals surface area contributed by atoms with Gasteiger partial charge in [-0.05, 0) is 108 Å². The summed E-state index contributed by atoms with van der Waals surface area (Å²) in [4.78, 5) is 0. The van der Waals surface area contributed by atoms with Crippen LogP contribution in [0, 0.1) is 0 Å². The molecule has 0 radical (unpaired) electrons. The minimum absolute atomic E-state index is 0. The molecule has 0 amide bonds. The van der Waals surface area contributed by atoms with Gasteiger partial charge in [-0.3, -0.25) is 5.32 Å². The highest BCUT2D eigenvalue weighted by molar-refractivity contribution is 5.21. The molecule has 1 unspecified atom stereocenters. The number of hydrogen-bond donors (Lipinski definition) is 11. The largest absolute Gasteiger partial charge is 1.00 e. The summed E-state index contributed by atoms with van der Waals surface area (Å²) in [5.74, 6) is 1.93. The molecule has 0 heterocycles. The van der Waals surface area contributed by atoms with E-state index in [0.29, 0.717) is 52.6 Å². The second kappa shape index (κ2) is 130. The van der Waals surface area contributed by atoms with Gasteiger partial charge in [-0.15, -0.1) is 0 Å². The third-order valence-corrected chi connectivity index (χ3v) is 6.69. The lowest BCUT2D eigenvalue weighted by atomic mass is 10.3. The van der Waals surface area contributed by atoms with E-state index in [-0.39, 0.29) is 15.1 Å². The molecule has 0 spiro atoms. The molecule has 0 aliphatic heterocycles. The molecule has 87 heavy (non-hydrogen) atoms. The Balaban J connectivity index is -0.0000000450. The quantitative estimate of drug-likeness (QED) is 0.0754. The third kappa shape index (κ3) is 195. The van der Waals surface area contributed by atoms with Crippen LogP contribution < -0.4 is 21.3 Å². The van der Waals surface area contributed by atoms with Gasteiger partial charge in [0.2, 0.25) is 0 Å². The molecular weight excluding hydrogens is 1080 g/mol. The maximum atomic E-state index is 8.63. The van der Waals surface area contributed by atoms with Crippen molar-refractivity contribution in [1.82, 2.24) is 21.3 Å². The Morgan fingerprint density at radius 1 is 0.253 bits per heavy atom. The van der Waals surface area contributed by atoms with Gasteiger partial charge in [0, 0.05) is 18.1 Å². The van der Waals surface area contributed by atoms with Crippen LogP contribution in [0.15, 0.2) is 182 Å². The summed E-state index contributed by atoms with van der Waals surface area (Å²) in [6.45, 7) is 55.3. The number of para-hydroxylation sites is 6. The van der Waals surface area contributed by atoms with Gasteiger partial charge < -0.3 is 51.7 Å². The zero-order chi connectivity index (χ0) is 70.6. The first-order valence-corrected chi connectivity index (χ1v) is 31.9. The van der Waals surface area contributed by atoms with Crippen LogP contribution >= 0.6 is 0 Å². The van der Waals surface area contributed by atoms with Crippen molar-refractivity contribution in [3.05, 3.63) is 182 Å². The van der Waals surface area contributed by atoms with Crippen molar-refractivity contribution in [3.8, 4) is 34.5 Å². The van der Waals surface area contributed by atoms with Gasteiger partial charge in [-0.25, -0.2) is 0 Å². The highest BCUT2D eigenvalue weighted by Gasteiger charge is 1.81. The fraction of sp³-hybridized carbons (Fsp3) is 0.526. The molecule has 11 heteroatoms. The maximum Gasteiger partial charge on any atom is 1.00 e. The van der Waals surface area contributed by atoms with E-state index < -0.39 is 0 Å². The predicted molar refractivity (Wildman–Crippen MR) is 402 cm³/mol. The van der Waals surface area contributed by atoms with Crippen LogP contribution in [0.25, 0.3) is 0 Å². The van der Waals surface area contributed by atoms with Gasteiger partial charge in [-0.2, -0.15) is 0 Å². The molecular formula is C76H151N4O7+. The smallest absolute Gasteiger partial charge is 0.508 e. The number of aliphatic hydroxyl groups is 1. The van der Waals surface area contributed by atoms with Crippen molar-refractivity contribution in [2.75, 3.05) is 28.2 Å². The molecule has 0 aromatic heterocycles. The number of rotatable bonds is 4. The molecule has 0 saturated heterocycles. The molecule has 516 valence electrons. The minimum Gasteiger partial charge on any atom is -0.508 e. The van der Waals surface area contributed by atoms with E-state index in [1.165, 1.54) is 25.7 Å². The summed E-state index contributed by atoms with van der Waals surface area (Å²) >= 11 is 0. The van der Waals surface area contributed by atoms with Crippen molar-refractivity contribution >= 4 is 0 Å². The summed E-state index contributed by atoms with van der Waals surface area (Å²) in [5.41, 5.74) is 0. The van der Waals surface area contributed by atoms with Gasteiger partial charge in [0.15, 0.2) is 0 Å². The standard InChI is InChI=1S/6C6H6O.3C4H11N.C3H9NO.4C3H8.6C2H6.CH4/c6*7-6-4-2-1-3-5-6;3*1-4(2)5-3;1-3(5)4-2;4*1-3-2;6*1-2;/h6*1-5,7H;3*4-5H,1-3H3;3-5H,1-2H3;4*3H2,1-2H3;6*1-2H3;1H4/p+1. The average Bonchev–Trinajstić information content (AvgIpc) is 3.53. The fourth-order valence-electron chi connectivity index (χ4n) is 2.57. The number of hydrogen-bond acceptors (Lipinski definition) is 11. The summed E-state index contributed by atoms with van der Waals surface area (Å²) in [6, 6.07) is 54.2. The Bertz CT molecular complexity index is 1420. The lowest BCUT2D eigenvalue weighted by Crippen LogP contribution is -2.19. The first kappa shape index (κ1) is 119. The monoisotopic (exact) mass is 1230 g/mol. The fourth-order valence-corrected chi connectivity index (χ4v) is 2.57. The lowest BCUT2D eigenvalue weighted by molar-refractivity contribution is 0.167. The zero-order valence-corrected chi connectivity index (χ0v) is 61.6. The topological polar surface area (TPSA) is 190 Å². The van der Waals surface area contributed by atoms with E-state index in [1.54, 1.807) is 160 Å². The number of aliphatic hydroxyl groups excluding tert-OH is 1. The number of phenols is 6. The molecule has 0 fully saturated rings. The Morgan fingerprint density at radius 2 is 0.322 bits per heavy atom. The average molecular weight is 1230 g/mol. The van der Waals surface area contributed by atoms with E-state index in [4.69, 9.17) is 35.7 Å². The van der Waals surface area contributed by atoms with Gasteiger partial charge in [0.05, 0.1) is 0 Å². The Morgan fingerprint density at radius 3 is 0.345 bits per heavy atom. The summed E-state index contributed by atoms with van der Waals surface area (Å²) in [5, 5.41) is 71.7. The molecule has 0 aliphatic carbocycles. The molecule has 11 nitrogen and oxygen atoms in total. The number of phenolic OH excluding ortho intramolecular Hbond substituents is 6. The number of aromatic hydroxyl groups is 6. The predicted octanol–water partition coefficient (Wildman–Crippen LogP) is 22.3. The molecule has 11 N–H and O–H groups in total. The molecule has 6 aromatic rings. The van der Waals surface area contributed by atoms with Gasteiger partial charge in [0.25, 0.3) is 0 Å². The second-order valence-corrected chi connectivity index (χ2v) is 16.1. The van der Waals surface area contributed by atoms with Crippen LogP contribution in [0.3, 0.4) is 0 Å². The van der Waals surface area contributed by atoms with Crippen molar-refractivity contribution in [1.29, 1.82) is 0 Å². The normalized spacial score (nSPS) is 7.90. The zero-order valence-electron chi connectivity index (χ0n) is 62.6. The molecule has 0 saturated carbocycles. The van der Waals surface area contributed by atoms with E-state index in [9.17, 15) is 0 Å². The van der Waals surface area contributed by atoms with E-state index in [0.717, 1.165) is 0 Å². The first-order valence-electron chi connectivity index (χ1n) is 31.9. The van der Waals surface area contributed by atoms with Crippen LogP contribution in [-0.4, -0.2) is 88.3 Å². The Kier molecular flexibility index (Phi) is 177. The Labute approximate surface area is 545 Å². The van der Waals surface area contributed by atoms with Gasteiger partial charge in [0.1, 0.15) is 40.7 Å². The molecule has 6 rings (SSSR count). The van der Waals surface area contributed by atoms with E-state index in [1.807, 2.05) is 141 Å². The van der Waals surface area contributed by atoms with Crippen LogP contribution in [0.2, 0.25) is 0 Å². The lowest BCUT2D eigenvalue weighted by Gasteiger charge is -1.95. The highest BCUT2D eigenvalue weighted by atomic mass is 16.3. The van der Waals surface area contributed by atoms with E-state index >= 15 is 0 Å². The van der Waals surface area contributed by atoms with Crippen LogP contribution in [0.1, 0.15) is 221 Å².